The predicted octanol–water partition coefficient (Wildman–Crippen LogP) is 2.87. The van der Waals surface area contributed by atoms with Gasteiger partial charge in [-0.3, -0.25) is 4.90 Å². The first-order chi connectivity index (χ1) is 7.15. The molecule has 0 spiro atoms. The highest BCUT2D eigenvalue weighted by Crippen LogP contribution is 2.24. The molecule has 1 fully saturated rings. The molecule has 1 aromatic rings. The minimum Gasteiger partial charge on any atom is -0.399 e. The first kappa shape index (κ1) is 11.0. The molecule has 1 aromatic carbocycles. The van der Waals surface area contributed by atoms with Crippen LogP contribution in [0, 0.1) is 5.92 Å². The highest BCUT2D eigenvalue weighted by Gasteiger charge is 2.19. The van der Waals surface area contributed by atoms with Crippen molar-refractivity contribution < 1.29 is 0 Å². The maximum absolute atomic E-state index is 5.79. The van der Waals surface area contributed by atoms with Crippen LogP contribution in [0.5, 0.6) is 0 Å². The second-order valence-electron chi connectivity index (χ2n) is 4.48. The fourth-order valence-corrected chi connectivity index (χ4v) is 2.50. The lowest BCUT2D eigenvalue weighted by Crippen LogP contribution is -2.19. The summed E-state index contributed by atoms with van der Waals surface area (Å²) in [5.74, 6) is 0.838. The standard InChI is InChI=1S/C12H17BrN2/c1-9-4-5-15(7-9)8-10-6-11(14)2-3-12(10)13/h2-3,6,9H,4-5,7-8,14H2,1H3. The van der Waals surface area contributed by atoms with E-state index >= 15 is 0 Å². The van der Waals surface area contributed by atoms with Gasteiger partial charge in [0.2, 0.25) is 0 Å². The maximum atomic E-state index is 5.79. The molecule has 15 heavy (non-hydrogen) atoms. The summed E-state index contributed by atoms with van der Waals surface area (Å²) in [6, 6.07) is 6.03. The van der Waals surface area contributed by atoms with Crippen molar-refractivity contribution in [2.24, 2.45) is 5.92 Å². The number of halogens is 1. The summed E-state index contributed by atoms with van der Waals surface area (Å²) >= 11 is 3.57. The fraction of sp³-hybridized carbons (Fsp3) is 0.500. The van der Waals surface area contributed by atoms with Gasteiger partial charge >= 0.3 is 0 Å². The van der Waals surface area contributed by atoms with E-state index in [4.69, 9.17) is 5.73 Å². The molecule has 1 heterocycles. The van der Waals surface area contributed by atoms with Crippen LogP contribution in [-0.4, -0.2) is 18.0 Å². The fourth-order valence-electron chi connectivity index (χ4n) is 2.13. The molecule has 0 radical (unpaired) electrons. The molecule has 0 aromatic heterocycles. The summed E-state index contributed by atoms with van der Waals surface area (Å²) < 4.78 is 1.16. The van der Waals surface area contributed by atoms with E-state index in [0.717, 1.165) is 22.6 Å². The van der Waals surface area contributed by atoms with Crippen molar-refractivity contribution in [3.8, 4) is 0 Å². The Morgan fingerprint density at radius 2 is 2.33 bits per heavy atom. The van der Waals surface area contributed by atoms with Crippen LogP contribution in [0.15, 0.2) is 22.7 Å². The van der Waals surface area contributed by atoms with Crippen LogP contribution in [-0.2, 0) is 6.54 Å². The van der Waals surface area contributed by atoms with E-state index in [1.165, 1.54) is 25.1 Å². The average Bonchev–Trinajstić information content (AvgIpc) is 2.58. The summed E-state index contributed by atoms with van der Waals surface area (Å²) in [6.07, 6.45) is 1.32. The summed E-state index contributed by atoms with van der Waals surface area (Å²) in [6.45, 7) is 5.74. The topological polar surface area (TPSA) is 29.3 Å². The van der Waals surface area contributed by atoms with E-state index in [1.54, 1.807) is 0 Å². The largest absolute Gasteiger partial charge is 0.399 e. The van der Waals surface area contributed by atoms with E-state index in [2.05, 4.69) is 33.8 Å². The van der Waals surface area contributed by atoms with Gasteiger partial charge in [0, 0.05) is 23.2 Å². The van der Waals surface area contributed by atoms with E-state index in [0.29, 0.717) is 0 Å². The van der Waals surface area contributed by atoms with Crippen molar-refractivity contribution in [3.63, 3.8) is 0 Å². The van der Waals surface area contributed by atoms with Crippen molar-refractivity contribution in [1.82, 2.24) is 4.90 Å². The van der Waals surface area contributed by atoms with Crippen LogP contribution in [0.4, 0.5) is 5.69 Å². The summed E-state index contributed by atoms with van der Waals surface area (Å²) in [5, 5.41) is 0. The molecule has 1 atom stereocenters. The first-order valence-electron chi connectivity index (χ1n) is 5.41. The predicted molar refractivity (Wildman–Crippen MR) is 67.6 cm³/mol. The average molecular weight is 269 g/mol. The number of hydrogen-bond acceptors (Lipinski definition) is 2. The molecule has 1 unspecified atom stereocenters. The second kappa shape index (κ2) is 4.54. The molecule has 1 aliphatic rings. The van der Waals surface area contributed by atoms with Crippen LogP contribution < -0.4 is 5.73 Å². The van der Waals surface area contributed by atoms with Gasteiger partial charge in [0.1, 0.15) is 0 Å². The van der Waals surface area contributed by atoms with E-state index in [9.17, 15) is 0 Å². The molecule has 1 saturated heterocycles. The van der Waals surface area contributed by atoms with Crippen LogP contribution >= 0.6 is 15.9 Å². The van der Waals surface area contributed by atoms with Crippen molar-refractivity contribution in [2.45, 2.75) is 19.9 Å². The minimum absolute atomic E-state index is 0.838. The Kier molecular flexibility index (Phi) is 3.32. The Balaban J connectivity index is 2.07. The van der Waals surface area contributed by atoms with Gasteiger partial charge in [0.15, 0.2) is 0 Å². The summed E-state index contributed by atoms with van der Waals surface area (Å²) in [7, 11) is 0. The smallest absolute Gasteiger partial charge is 0.0318 e. The van der Waals surface area contributed by atoms with Crippen LogP contribution in [0.1, 0.15) is 18.9 Å². The van der Waals surface area contributed by atoms with Crippen LogP contribution in [0.25, 0.3) is 0 Å². The number of nitrogens with zero attached hydrogens (tertiary/aromatic N) is 1. The Morgan fingerprint density at radius 1 is 1.53 bits per heavy atom. The molecule has 0 aliphatic carbocycles. The second-order valence-corrected chi connectivity index (χ2v) is 5.33. The molecule has 0 bridgehead atoms. The zero-order valence-corrected chi connectivity index (χ0v) is 10.6. The van der Waals surface area contributed by atoms with Gasteiger partial charge in [-0.1, -0.05) is 22.9 Å². The minimum atomic E-state index is 0.838. The molecular formula is C12H17BrN2. The normalized spacial score (nSPS) is 22.1. The molecule has 2 N–H and O–H groups in total. The zero-order valence-electron chi connectivity index (χ0n) is 9.04. The zero-order chi connectivity index (χ0) is 10.8. The molecule has 0 saturated carbocycles. The first-order valence-corrected chi connectivity index (χ1v) is 6.20. The maximum Gasteiger partial charge on any atom is 0.0318 e. The molecule has 82 valence electrons. The van der Waals surface area contributed by atoms with E-state index in [-0.39, 0.29) is 0 Å². The lowest BCUT2D eigenvalue weighted by atomic mass is 10.2. The van der Waals surface area contributed by atoms with Crippen LogP contribution in [0.2, 0.25) is 0 Å². The summed E-state index contributed by atoms with van der Waals surface area (Å²) in [4.78, 5) is 2.49. The third-order valence-electron chi connectivity index (χ3n) is 2.97. The lowest BCUT2D eigenvalue weighted by molar-refractivity contribution is 0.320. The Morgan fingerprint density at radius 3 is 3.00 bits per heavy atom. The number of rotatable bonds is 2. The van der Waals surface area contributed by atoms with Gasteiger partial charge in [-0.05, 0) is 42.6 Å². The number of likely N-dealkylation sites (tertiary alicyclic amines) is 1. The Bertz CT molecular complexity index is 351. The van der Waals surface area contributed by atoms with Crippen LogP contribution in [0.3, 0.4) is 0 Å². The van der Waals surface area contributed by atoms with Gasteiger partial charge in [0.05, 0.1) is 0 Å². The van der Waals surface area contributed by atoms with Gasteiger partial charge in [0.25, 0.3) is 0 Å². The van der Waals surface area contributed by atoms with Crippen molar-refractivity contribution in [1.29, 1.82) is 0 Å². The molecule has 0 amide bonds. The monoisotopic (exact) mass is 268 g/mol. The number of anilines is 1. The van der Waals surface area contributed by atoms with Gasteiger partial charge < -0.3 is 5.73 Å². The molecule has 2 rings (SSSR count). The molecular weight excluding hydrogens is 252 g/mol. The van der Waals surface area contributed by atoms with E-state index < -0.39 is 0 Å². The number of benzene rings is 1. The van der Waals surface area contributed by atoms with Crippen molar-refractivity contribution >= 4 is 21.6 Å². The highest BCUT2D eigenvalue weighted by molar-refractivity contribution is 9.10. The van der Waals surface area contributed by atoms with E-state index in [1.807, 2.05) is 12.1 Å². The van der Waals surface area contributed by atoms with Crippen molar-refractivity contribution in [3.05, 3.63) is 28.2 Å². The van der Waals surface area contributed by atoms with Gasteiger partial charge in [-0.2, -0.15) is 0 Å². The molecule has 2 nitrogen and oxygen atoms in total. The van der Waals surface area contributed by atoms with Crippen molar-refractivity contribution in [2.75, 3.05) is 18.8 Å². The summed E-state index contributed by atoms with van der Waals surface area (Å²) in [5.41, 5.74) is 7.93. The van der Waals surface area contributed by atoms with Gasteiger partial charge in [-0.25, -0.2) is 0 Å². The SMILES string of the molecule is CC1CCN(Cc2cc(N)ccc2Br)C1. The highest BCUT2D eigenvalue weighted by atomic mass is 79.9. The number of hydrogen-bond donors (Lipinski definition) is 1. The quantitative estimate of drug-likeness (QED) is 0.836. The molecule has 3 heteroatoms. The Labute approximate surface area is 99.6 Å². The molecule has 1 aliphatic heterocycles. The van der Waals surface area contributed by atoms with Gasteiger partial charge in [-0.15, -0.1) is 0 Å². The number of nitrogens with two attached hydrogens (primary N) is 1. The third-order valence-corrected chi connectivity index (χ3v) is 3.75. The third kappa shape index (κ3) is 2.73. The Hall–Kier alpha value is -0.540. The number of nitrogen functional groups attached to an aromatic ring is 1. The lowest BCUT2D eigenvalue weighted by Gasteiger charge is -2.16.